The molecule has 2 aromatic heterocycles. The zero-order valence-corrected chi connectivity index (χ0v) is 12.7. The minimum absolute atomic E-state index is 0.0637. The first-order chi connectivity index (χ1) is 10.2. The summed E-state index contributed by atoms with van der Waals surface area (Å²) in [6, 6.07) is 5.62. The highest BCUT2D eigenvalue weighted by atomic mass is 16.1. The van der Waals surface area contributed by atoms with Crippen LogP contribution < -0.4 is 5.32 Å². The van der Waals surface area contributed by atoms with Gasteiger partial charge in [0.05, 0.1) is 17.5 Å². The van der Waals surface area contributed by atoms with Gasteiger partial charge >= 0.3 is 0 Å². The normalized spacial score (nSPS) is 10.6. The van der Waals surface area contributed by atoms with E-state index in [-0.39, 0.29) is 5.91 Å². The number of carbonyl (C=O) groups is 1. The Balaban J connectivity index is 1.98. The minimum atomic E-state index is -0.0637. The number of pyridine rings is 1. The van der Waals surface area contributed by atoms with Crippen LogP contribution in [0.5, 0.6) is 0 Å². The lowest BCUT2D eigenvalue weighted by atomic mass is 10.2. The second-order valence-corrected chi connectivity index (χ2v) is 5.06. The van der Waals surface area contributed by atoms with Gasteiger partial charge in [0.1, 0.15) is 0 Å². The molecule has 0 unspecified atom stereocenters. The summed E-state index contributed by atoms with van der Waals surface area (Å²) >= 11 is 0. The molecule has 0 bridgehead atoms. The molecule has 0 saturated carbocycles. The summed E-state index contributed by atoms with van der Waals surface area (Å²) in [5.41, 5.74) is 1.41. The van der Waals surface area contributed by atoms with E-state index in [1.54, 1.807) is 17.1 Å². The van der Waals surface area contributed by atoms with Crippen LogP contribution in [0.4, 0.5) is 0 Å². The van der Waals surface area contributed by atoms with Crippen molar-refractivity contribution in [2.45, 2.75) is 39.5 Å². The van der Waals surface area contributed by atoms with Crippen molar-refractivity contribution in [2.24, 2.45) is 0 Å². The molecule has 1 amide bonds. The van der Waals surface area contributed by atoms with Crippen molar-refractivity contribution >= 4 is 5.91 Å². The SMILES string of the molecule is CCCCCCNC(=O)c1cnn(-c2ccccn2)c1C. The summed E-state index contributed by atoms with van der Waals surface area (Å²) in [4.78, 5) is 16.4. The Morgan fingerprint density at radius 3 is 2.86 bits per heavy atom. The van der Waals surface area contributed by atoms with E-state index in [0.717, 1.165) is 24.4 Å². The molecule has 2 heterocycles. The second-order valence-electron chi connectivity index (χ2n) is 5.06. The van der Waals surface area contributed by atoms with Gasteiger partial charge in [-0.15, -0.1) is 0 Å². The van der Waals surface area contributed by atoms with Gasteiger partial charge in [0.2, 0.25) is 0 Å². The van der Waals surface area contributed by atoms with Gasteiger partial charge in [-0.2, -0.15) is 5.10 Å². The number of aromatic nitrogens is 3. The van der Waals surface area contributed by atoms with Gasteiger partial charge in [-0.05, 0) is 25.5 Å². The molecule has 0 fully saturated rings. The van der Waals surface area contributed by atoms with E-state index in [1.165, 1.54) is 12.8 Å². The van der Waals surface area contributed by atoms with Crippen LogP contribution >= 0.6 is 0 Å². The van der Waals surface area contributed by atoms with E-state index >= 15 is 0 Å². The number of carbonyl (C=O) groups excluding carboxylic acids is 1. The molecule has 0 aliphatic heterocycles. The molecule has 5 nitrogen and oxygen atoms in total. The maximum Gasteiger partial charge on any atom is 0.254 e. The average molecular weight is 286 g/mol. The molecule has 0 aliphatic carbocycles. The first kappa shape index (κ1) is 15.2. The Hall–Kier alpha value is -2.17. The van der Waals surface area contributed by atoms with E-state index in [0.29, 0.717) is 12.1 Å². The topological polar surface area (TPSA) is 59.8 Å². The lowest BCUT2D eigenvalue weighted by molar-refractivity contribution is 0.0952. The van der Waals surface area contributed by atoms with Crippen LogP contribution in [0.2, 0.25) is 0 Å². The van der Waals surface area contributed by atoms with E-state index in [1.807, 2.05) is 25.1 Å². The molecule has 0 aliphatic rings. The Morgan fingerprint density at radius 1 is 1.29 bits per heavy atom. The fraction of sp³-hybridized carbons (Fsp3) is 0.438. The van der Waals surface area contributed by atoms with E-state index in [2.05, 4.69) is 22.3 Å². The van der Waals surface area contributed by atoms with Gasteiger partial charge < -0.3 is 5.32 Å². The monoisotopic (exact) mass is 286 g/mol. The predicted octanol–water partition coefficient (Wildman–Crippen LogP) is 2.89. The zero-order chi connectivity index (χ0) is 15.1. The zero-order valence-electron chi connectivity index (χ0n) is 12.7. The lowest BCUT2D eigenvalue weighted by Gasteiger charge is -2.06. The number of unbranched alkanes of at least 4 members (excludes halogenated alkanes) is 3. The molecule has 0 saturated heterocycles. The van der Waals surface area contributed by atoms with Crippen molar-refractivity contribution in [3.8, 4) is 5.82 Å². The number of nitrogens with one attached hydrogen (secondary N) is 1. The third-order valence-electron chi connectivity index (χ3n) is 3.44. The largest absolute Gasteiger partial charge is 0.352 e. The Labute approximate surface area is 125 Å². The molecular weight excluding hydrogens is 264 g/mol. The molecule has 5 heteroatoms. The summed E-state index contributed by atoms with van der Waals surface area (Å²) in [5.74, 6) is 0.656. The van der Waals surface area contributed by atoms with Gasteiger partial charge in [-0.25, -0.2) is 9.67 Å². The van der Waals surface area contributed by atoms with Gasteiger partial charge in [0, 0.05) is 12.7 Å². The first-order valence-corrected chi connectivity index (χ1v) is 7.48. The van der Waals surface area contributed by atoms with Crippen LogP contribution in [-0.4, -0.2) is 27.2 Å². The number of nitrogens with zero attached hydrogens (tertiary/aromatic N) is 3. The average Bonchev–Trinajstić information content (AvgIpc) is 2.89. The van der Waals surface area contributed by atoms with Gasteiger partial charge in [0.15, 0.2) is 5.82 Å². The van der Waals surface area contributed by atoms with Crippen LogP contribution in [0, 0.1) is 6.92 Å². The molecule has 1 N–H and O–H groups in total. The summed E-state index contributed by atoms with van der Waals surface area (Å²) in [6.45, 7) is 4.77. The molecule has 21 heavy (non-hydrogen) atoms. The van der Waals surface area contributed by atoms with Crippen LogP contribution in [0.15, 0.2) is 30.6 Å². The van der Waals surface area contributed by atoms with Crippen LogP contribution in [-0.2, 0) is 0 Å². The van der Waals surface area contributed by atoms with E-state index < -0.39 is 0 Å². The van der Waals surface area contributed by atoms with Crippen molar-refractivity contribution in [3.63, 3.8) is 0 Å². The predicted molar refractivity (Wildman–Crippen MR) is 82.6 cm³/mol. The third-order valence-corrected chi connectivity index (χ3v) is 3.44. The maximum absolute atomic E-state index is 12.2. The molecule has 0 spiro atoms. The molecule has 0 aromatic carbocycles. The fourth-order valence-corrected chi connectivity index (χ4v) is 2.19. The van der Waals surface area contributed by atoms with Crippen molar-refractivity contribution in [3.05, 3.63) is 41.9 Å². The minimum Gasteiger partial charge on any atom is -0.352 e. The Bertz CT molecular complexity index is 577. The van der Waals surface area contributed by atoms with Crippen molar-refractivity contribution in [2.75, 3.05) is 6.54 Å². The summed E-state index contributed by atoms with van der Waals surface area (Å²) in [7, 11) is 0. The first-order valence-electron chi connectivity index (χ1n) is 7.48. The fourth-order valence-electron chi connectivity index (χ4n) is 2.19. The van der Waals surface area contributed by atoms with Gasteiger partial charge in [0.25, 0.3) is 5.91 Å². The number of hydrogen-bond donors (Lipinski definition) is 1. The van der Waals surface area contributed by atoms with E-state index in [9.17, 15) is 4.79 Å². The van der Waals surface area contributed by atoms with Crippen molar-refractivity contribution in [1.82, 2.24) is 20.1 Å². The van der Waals surface area contributed by atoms with Crippen molar-refractivity contribution in [1.29, 1.82) is 0 Å². The summed E-state index contributed by atoms with van der Waals surface area (Å²) in [6.07, 6.45) is 7.90. The molecule has 112 valence electrons. The number of hydrogen-bond acceptors (Lipinski definition) is 3. The molecule has 0 atom stereocenters. The van der Waals surface area contributed by atoms with Gasteiger partial charge in [-0.1, -0.05) is 32.3 Å². The van der Waals surface area contributed by atoms with E-state index in [4.69, 9.17) is 0 Å². The van der Waals surface area contributed by atoms with Crippen LogP contribution in [0.1, 0.15) is 48.7 Å². The van der Waals surface area contributed by atoms with Gasteiger partial charge in [-0.3, -0.25) is 4.79 Å². The Kier molecular flexibility index (Phi) is 5.49. The third kappa shape index (κ3) is 3.90. The molecular formula is C16H22N4O. The van der Waals surface area contributed by atoms with Crippen LogP contribution in [0.25, 0.3) is 5.82 Å². The lowest BCUT2D eigenvalue weighted by Crippen LogP contribution is -2.24. The molecule has 2 rings (SSSR count). The number of amides is 1. The number of rotatable bonds is 7. The second kappa shape index (κ2) is 7.57. The Morgan fingerprint density at radius 2 is 2.14 bits per heavy atom. The highest BCUT2D eigenvalue weighted by Gasteiger charge is 2.14. The maximum atomic E-state index is 12.2. The highest BCUT2D eigenvalue weighted by Crippen LogP contribution is 2.12. The smallest absolute Gasteiger partial charge is 0.254 e. The highest BCUT2D eigenvalue weighted by molar-refractivity contribution is 5.95. The standard InChI is InChI=1S/C16H22N4O/c1-3-4-5-7-11-18-16(21)14-12-19-20(13(14)2)15-9-6-8-10-17-15/h6,8-10,12H,3-5,7,11H2,1-2H3,(H,18,21). The van der Waals surface area contributed by atoms with Crippen LogP contribution in [0.3, 0.4) is 0 Å². The summed E-state index contributed by atoms with van der Waals surface area (Å²) in [5, 5.41) is 7.21. The van der Waals surface area contributed by atoms with Crippen molar-refractivity contribution < 1.29 is 4.79 Å². The molecule has 0 radical (unpaired) electrons. The molecule has 2 aromatic rings. The quantitative estimate of drug-likeness (QED) is 0.796. The summed E-state index contributed by atoms with van der Waals surface area (Å²) < 4.78 is 1.69.